The molecule has 1 aliphatic rings. The zero-order valence-corrected chi connectivity index (χ0v) is 13.2. The molecule has 0 unspecified atom stereocenters. The largest absolute Gasteiger partial charge is 0.300 e. The summed E-state index contributed by atoms with van der Waals surface area (Å²) in [5.41, 5.74) is 2.41. The van der Waals surface area contributed by atoms with E-state index in [0.717, 1.165) is 24.8 Å². The molecule has 0 saturated heterocycles. The van der Waals surface area contributed by atoms with E-state index in [4.69, 9.17) is 0 Å². The van der Waals surface area contributed by atoms with E-state index in [1.54, 1.807) is 19.9 Å². The number of rotatable bonds is 4. The van der Waals surface area contributed by atoms with Gasteiger partial charge in [0.25, 0.3) is 0 Å². The Morgan fingerprint density at radius 2 is 1.75 bits per heavy atom. The van der Waals surface area contributed by atoms with Gasteiger partial charge in [-0.15, -0.1) is 0 Å². The van der Waals surface area contributed by atoms with Crippen molar-refractivity contribution in [3.63, 3.8) is 0 Å². The maximum atomic E-state index is 12.7. The molecule has 20 heavy (non-hydrogen) atoms. The summed E-state index contributed by atoms with van der Waals surface area (Å²) < 4.78 is 24.4. The molecule has 0 atom stereocenters. The van der Waals surface area contributed by atoms with Crippen molar-refractivity contribution >= 4 is 15.6 Å². The number of fused-ring (bicyclic) bond motifs is 1. The Labute approximate surface area is 121 Å². The lowest BCUT2D eigenvalue weighted by Crippen LogP contribution is -2.34. The van der Waals surface area contributed by atoms with Gasteiger partial charge in [-0.3, -0.25) is 4.79 Å². The van der Waals surface area contributed by atoms with Crippen molar-refractivity contribution in [3.8, 4) is 0 Å². The number of carbonyl (C=O) groups excluding carboxylic acids is 1. The van der Waals surface area contributed by atoms with E-state index in [1.165, 1.54) is 18.9 Å². The third-order valence-corrected chi connectivity index (χ3v) is 6.51. The summed E-state index contributed by atoms with van der Waals surface area (Å²) in [7, 11) is -3.49. The van der Waals surface area contributed by atoms with E-state index in [1.807, 2.05) is 12.1 Å². The van der Waals surface area contributed by atoms with Crippen LogP contribution in [-0.2, 0) is 27.5 Å². The molecular weight excluding hydrogens is 272 g/mol. The second kappa shape index (κ2) is 5.32. The Hall–Kier alpha value is -1.16. The summed E-state index contributed by atoms with van der Waals surface area (Å²) >= 11 is 0. The highest BCUT2D eigenvalue weighted by molar-refractivity contribution is 7.92. The molecule has 0 N–H and O–H groups in total. The van der Waals surface area contributed by atoms with E-state index in [0.29, 0.717) is 4.90 Å². The Kier molecular flexibility index (Phi) is 4.05. The van der Waals surface area contributed by atoms with E-state index in [-0.39, 0.29) is 12.2 Å². The van der Waals surface area contributed by atoms with Crippen molar-refractivity contribution < 1.29 is 13.2 Å². The molecule has 0 heterocycles. The lowest BCUT2D eigenvalue weighted by Gasteiger charge is -2.25. The van der Waals surface area contributed by atoms with Crippen molar-refractivity contribution in [2.24, 2.45) is 0 Å². The van der Waals surface area contributed by atoms with Crippen LogP contribution in [0.4, 0.5) is 0 Å². The predicted molar refractivity (Wildman–Crippen MR) is 79.6 cm³/mol. The van der Waals surface area contributed by atoms with Crippen LogP contribution in [0, 0.1) is 0 Å². The number of benzene rings is 1. The molecule has 1 aliphatic carbocycles. The highest BCUT2D eigenvalue weighted by atomic mass is 32.2. The molecule has 0 aliphatic heterocycles. The van der Waals surface area contributed by atoms with Crippen LogP contribution in [0.1, 0.15) is 51.2 Å². The predicted octanol–water partition coefficient (Wildman–Crippen LogP) is 3.10. The van der Waals surface area contributed by atoms with Crippen LogP contribution < -0.4 is 0 Å². The molecule has 4 heteroatoms. The number of sulfone groups is 1. The molecule has 2 rings (SSSR count). The molecule has 0 saturated carbocycles. The molecule has 3 nitrogen and oxygen atoms in total. The van der Waals surface area contributed by atoms with E-state index >= 15 is 0 Å². The van der Waals surface area contributed by atoms with Crippen LogP contribution in [0.2, 0.25) is 0 Å². The molecule has 1 aromatic carbocycles. The Balaban J connectivity index is 2.41. The second-order valence-electron chi connectivity index (χ2n) is 6.28. The lowest BCUT2D eigenvalue weighted by molar-refractivity contribution is -0.117. The minimum atomic E-state index is -3.49. The summed E-state index contributed by atoms with van der Waals surface area (Å²) in [5.74, 6) is -0.100. The van der Waals surface area contributed by atoms with Crippen LogP contribution in [0.15, 0.2) is 23.1 Å². The second-order valence-corrected chi connectivity index (χ2v) is 8.86. The summed E-state index contributed by atoms with van der Waals surface area (Å²) in [4.78, 5) is 11.7. The van der Waals surface area contributed by atoms with Crippen LogP contribution in [0.5, 0.6) is 0 Å². The molecular formula is C16H22O3S. The fraction of sp³-hybridized carbons (Fsp3) is 0.562. The zero-order chi connectivity index (χ0) is 15.0. The summed E-state index contributed by atoms with van der Waals surface area (Å²) in [6.07, 6.45) is 4.33. The van der Waals surface area contributed by atoms with E-state index in [9.17, 15) is 13.2 Å². The fourth-order valence-corrected chi connectivity index (χ4v) is 4.47. The van der Waals surface area contributed by atoms with Crippen LogP contribution >= 0.6 is 0 Å². The van der Waals surface area contributed by atoms with Gasteiger partial charge in [0.05, 0.1) is 9.64 Å². The van der Waals surface area contributed by atoms with Gasteiger partial charge < -0.3 is 0 Å². The maximum absolute atomic E-state index is 12.7. The van der Waals surface area contributed by atoms with Crippen molar-refractivity contribution in [3.05, 3.63) is 29.3 Å². The maximum Gasteiger partial charge on any atom is 0.183 e. The third-order valence-electron chi connectivity index (χ3n) is 4.03. The van der Waals surface area contributed by atoms with Crippen molar-refractivity contribution in [2.45, 2.75) is 62.5 Å². The molecule has 110 valence electrons. The average Bonchev–Trinajstić information content (AvgIpc) is 2.36. The number of hydrogen-bond acceptors (Lipinski definition) is 3. The lowest BCUT2D eigenvalue weighted by atomic mass is 9.92. The molecule has 0 aromatic heterocycles. The van der Waals surface area contributed by atoms with Gasteiger partial charge in [-0.1, -0.05) is 6.07 Å². The molecule has 0 radical (unpaired) electrons. The molecule has 0 bridgehead atoms. The van der Waals surface area contributed by atoms with Crippen molar-refractivity contribution in [1.29, 1.82) is 0 Å². The van der Waals surface area contributed by atoms with Gasteiger partial charge in [0.1, 0.15) is 5.78 Å². The van der Waals surface area contributed by atoms with Crippen LogP contribution in [0.25, 0.3) is 0 Å². The number of ketones is 1. The molecule has 0 amide bonds. The molecule has 0 spiro atoms. The average molecular weight is 294 g/mol. The van der Waals surface area contributed by atoms with Gasteiger partial charge >= 0.3 is 0 Å². The SMILES string of the molecule is CC(=O)CC(C)(C)S(=O)(=O)c1ccc2c(c1)CCCC2. The fourth-order valence-electron chi connectivity index (χ4n) is 2.89. The van der Waals surface area contributed by atoms with Crippen molar-refractivity contribution in [2.75, 3.05) is 0 Å². The topological polar surface area (TPSA) is 51.2 Å². The Morgan fingerprint density at radius 1 is 1.15 bits per heavy atom. The summed E-state index contributed by atoms with van der Waals surface area (Å²) in [6, 6.07) is 5.44. The first-order valence-corrected chi connectivity index (χ1v) is 8.58. The number of aryl methyl sites for hydroxylation is 2. The Bertz CT molecular complexity index is 627. The highest BCUT2D eigenvalue weighted by Gasteiger charge is 2.37. The minimum absolute atomic E-state index is 0.0480. The van der Waals surface area contributed by atoms with Crippen molar-refractivity contribution in [1.82, 2.24) is 0 Å². The first-order valence-electron chi connectivity index (χ1n) is 7.10. The van der Waals surface area contributed by atoms with Crippen LogP contribution in [0.3, 0.4) is 0 Å². The standard InChI is InChI=1S/C16H22O3S/c1-12(17)11-16(2,3)20(18,19)15-9-8-13-6-4-5-7-14(13)10-15/h8-10H,4-7,11H2,1-3H3. The summed E-state index contributed by atoms with van der Waals surface area (Å²) in [5, 5.41) is 0. The van der Waals surface area contributed by atoms with Gasteiger partial charge in [-0.05, 0) is 69.7 Å². The van der Waals surface area contributed by atoms with Gasteiger partial charge in [0.2, 0.25) is 0 Å². The van der Waals surface area contributed by atoms with Gasteiger partial charge in [0.15, 0.2) is 9.84 Å². The van der Waals surface area contributed by atoms with Gasteiger partial charge in [-0.25, -0.2) is 8.42 Å². The third kappa shape index (κ3) is 2.80. The quantitative estimate of drug-likeness (QED) is 0.857. The number of hydrogen-bond donors (Lipinski definition) is 0. The number of carbonyl (C=O) groups is 1. The van der Waals surface area contributed by atoms with Gasteiger partial charge in [-0.2, -0.15) is 0 Å². The highest BCUT2D eigenvalue weighted by Crippen LogP contribution is 2.31. The normalized spacial score (nSPS) is 15.8. The molecule has 0 fully saturated rings. The Morgan fingerprint density at radius 3 is 2.35 bits per heavy atom. The molecule has 1 aromatic rings. The monoisotopic (exact) mass is 294 g/mol. The minimum Gasteiger partial charge on any atom is -0.300 e. The van der Waals surface area contributed by atoms with Gasteiger partial charge in [0, 0.05) is 6.42 Å². The smallest absolute Gasteiger partial charge is 0.183 e. The first kappa shape index (κ1) is 15.2. The summed E-state index contributed by atoms with van der Waals surface area (Å²) in [6.45, 7) is 4.69. The van der Waals surface area contributed by atoms with E-state index < -0.39 is 14.6 Å². The van der Waals surface area contributed by atoms with Crippen LogP contribution in [-0.4, -0.2) is 18.9 Å². The first-order chi connectivity index (χ1) is 9.24. The van der Waals surface area contributed by atoms with E-state index in [2.05, 4.69) is 0 Å². The zero-order valence-electron chi connectivity index (χ0n) is 12.4. The number of Topliss-reactive ketones (excluding diaryl/α,β-unsaturated/α-hetero) is 1.